The Morgan fingerprint density at radius 3 is 2.72 bits per heavy atom. The summed E-state index contributed by atoms with van der Waals surface area (Å²) in [6.45, 7) is 0. The van der Waals surface area contributed by atoms with Gasteiger partial charge in [-0.25, -0.2) is 0 Å². The van der Waals surface area contributed by atoms with Crippen molar-refractivity contribution in [2.45, 2.75) is 63.5 Å². The number of aldehydes is 1. The fourth-order valence-electron chi connectivity index (χ4n) is 3.37. The summed E-state index contributed by atoms with van der Waals surface area (Å²) in [5, 5.41) is 14.2. The first-order chi connectivity index (χ1) is 8.79. The molecule has 0 aromatic carbocycles. The summed E-state index contributed by atoms with van der Waals surface area (Å²) in [5.41, 5.74) is 2.75. The monoisotopic (exact) mass is 248 g/mol. The second-order valence-corrected chi connectivity index (χ2v) is 5.56. The molecule has 18 heavy (non-hydrogen) atoms. The molecule has 1 atom stereocenters. The summed E-state index contributed by atoms with van der Waals surface area (Å²) in [5.74, 6) is 0. The molecule has 0 bridgehead atoms. The maximum atomic E-state index is 11.1. The van der Waals surface area contributed by atoms with Gasteiger partial charge in [0.25, 0.3) is 0 Å². The van der Waals surface area contributed by atoms with E-state index in [1.807, 2.05) is 0 Å². The highest BCUT2D eigenvalue weighted by Gasteiger charge is 2.28. The average molecular weight is 248 g/mol. The molecule has 2 aliphatic carbocycles. The molecule has 1 fully saturated rings. The molecule has 1 N–H and O–H groups in total. The van der Waals surface area contributed by atoms with Gasteiger partial charge in [0.15, 0.2) is 6.29 Å². The van der Waals surface area contributed by atoms with E-state index in [0.717, 1.165) is 24.7 Å². The van der Waals surface area contributed by atoms with Gasteiger partial charge < -0.3 is 5.11 Å². The summed E-state index contributed by atoms with van der Waals surface area (Å²) in [7, 11) is 0. The molecule has 4 heteroatoms. The zero-order valence-electron chi connectivity index (χ0n) is 10.6. The van der Waals surface area contributed by atoms with Crippen LogP contribution in [0.1, 0.15) is 66.3 Å². The van der Waals surface area contributed by atoms with Gasteiger partial charge in [-0.3, -0.25) is 9.48 Å². The molecular weight excluding hydrogens is 228 g/mol. The standard InChI is InChI=1S/C14H20N2O2/c17-9-13-12-8-11(18)6-7-14(12)16(15-13)10-4-2-1-3-5-10/h9-11,18H,1-8H2. The normalized spacial score (nSPS) is 24.8. The minimum absolute atomic E-state index is 0.305. The van der Waals surface area contributed by atoms with E-state index in [1.165, 1.54) is 37.8 Å². The molecule has 1 aromatic rings. The maximum absolute atomic E-state index is 11.1. The van der Waals surface area contributed by atoms with Gasteiger partial charge in [0.1, 0.15) is 5.69 Å². The highest BCUT2D eigenvalue weighted by Crippen LogP contribution is 2.33. The Kier molecular flexibility index (Phi) is 3.20. The summed E-state index contributed by atoms with van der Waals surface area (Å²) < 4.78 is 2.10. The van der Waals surface area contributed by atoms with Crippen molar-refractivity contribution in [1.82, 2.24) is 9.78 Å². The molecule has 0 spiro atoms. The van der Waals surface area contributed by atoms with E-state index in [4.69, 9.17) is 0 Å². The second kappa shape index (κ2) is 4.84. The van der Waals surface area contributed by atoms with Gasteiger partial charge in [-0.15, -0.1) is 0 Å². The first-order valence-corrected chi connectivity index (χ1v) is 7.03. The van der Waals surface area contributed by atoms with Gasteiger partial charge >= 0.3 is 0 Å². The predicted molar refractivity (Wildman–Crippen MR) is 67.8 cm³/mol. The predicted octanol–water partition coefficient (Wildman–Crippen LogP) is 2.05. The van der Waals surface area contributed by atoms with Crippen molar-refractivity contribution in [2.24, 2.45) is 0 Å². The van der Waals surface area contributed by atoms with E-state index in [9.17, 15) is 9.90 Å². The number of carbonyl (C=O) groups excluding carboxylic acids is 1. The van der Waals surface area contributed by atoms with Crippen LogP contribution in [0.15, 0.2) is 0 Å². The van der Waals surface area contributed by atoms with E-state index in [0.29, 0.717) is 18.2 Å². The summed E-state index contributed by atoms with van der Waals surface area (Å²) >= 11 is 0. The van der Waals surface area contributed by atoms with Gasteiger partial charge in [-0.1, -0.05) is 19.3 Å². The zero-order chi connectivity index (χ0) is 12.5. The van der Waals surface area contributed by atoms with Crippen LogP contribution in [0.4, 0.5) is 0 Å². The second-order valence-electron chi connectivity index (χ2n) is 5.56. The van der Waals surface area contributed by atoms with Crippen LogP contribution in [0.5, 0.6) is 0 Å². The Hall–Kier alpha value is -1.16. The van der Waals surface area contributed by atoms with Gasteiger partial charge in [-0.05, 0) is 25.7 Å². The van der Waals surface area contributed by atoms with Crippen molar-refractivity contribution in [3.63, 3.8) is 0 Å². The van der Waals surface area contributed by atoms with Crippen molar-refractivity contribution in [1.29, 1.82) is 0 Å². The molecule has 1 heterocycles. The lowest BCUT2D eigenvalue weighted by Gasteiger charge is -2.26. The minimum Gasteiger partial charge on any atom is -0.393 e. The van der Waals surface area contributed by atoms with Gasteiger partial charge in [0.05, 0.1) is 12.1 Å². The smallest absolute Gasteiger partial charge is 0.170 e. The zero-order valence-corrected chi connectivity index (χ0v) is 10.6. The fraction of sp³-hybridized carbons (Fsp3) is 0.714. The number of carbonyl (C=O) groups is 1. The minimum atomic E-state index is -0.305. The molecule has 1 saturated carbocycles. The molecule has 1 aromatic heterocycles. The fourth-order valence-corrected chi connectivity index (χ4v) is 3.37. The van der Waals surface area contributed by atoms with Gasteiger partial charge in [0.2, 0.25) is 0 Å². The van der Waals surface area contributed by atoms with Gasteiger partial charge in [0, 0.05) is 17.7 Å². The Morgan fingerprint density at radius 1 is 1.22 bits per heavy atom. The van der Waals surface area contributed by atoms with Crippen LogP contribution in [-0.4, -0.2) is 27.3 Å². The SMILES string of the molecule is O=Cc1nn(C2CCCCC2)c2c1CC(O)CC2. The highest BCUT2D eigenvalue weighted by atomic mass is 16.3. The molecule has 3 rings (SSSR count). The molecule has 0 saturated heterocycles. The van der Waals surface area contributed by atoms with Crippen LogP contribution in [0.25, 0.3) is 0 Å². The van der Waals surface area contributed by atoms with Crippen molar-refractivity contribution in [3.8, 4) is 0 Å². The third kappa shape index (κ3) is 1.99. The number of hydrogen-bond acceptors (Lipinski definition) is 3. The maximum Gasteiger partial charge on any atom is 0.170 e. The highest BCUT2D eigenvalue weighted by molar-refractivity contribution is 5.75. The summed E-state index contributed by atoms with van der Waals surface area (Å²) in [6.07, 6.45) is 8.98. The number of nitrogens with zero attached hydrogens (tertiary/aromatic N) is 2. The molecule has 0 aliphatic heterocycles. The van der Waals surface area contributed by atoms with Crippen molar-refractivity contribution in [3.05, 3.63) is 17.0 Å². The van der Waals surface area contributed by atoms with E-state index in [-0.39, 0.29) is 6.10 Å². The Labute approximate surface area is 107 Å². The van der Waals surface area contributed by atoms with Gasteiger partial charge in [-0.2, -0.15) is 5.10 Å². The first-order valence-electron chi connectivity index (χ1n) is 7.03. The lowest BCUT2D eigenvalue weighted by molar-refractivity contribution is 0.111. The van der Waals surface area contributed by atoms with E-state index >= 15 is 0 Å². The van der Waals surface area contributed by atoms with E-state index in [2.05, 4.69) is 9.78 Å². The summed E-state index contributed by atoms with van der Waals surface area (Å²) in [4.78, 5) is 11.1. The molecule has 0 radical (unpaired) electrons. The summed E-state index contributed by atoms with van der Waals surface area (Å²) in [6, 6.07) is 0.469. The number of hydrogen-bond donors (Lipinski definition) is 1. The largest absolute Gasteiger partial charge is 0.393 e. The van der Waals surface area contributed by atoms with E-state index in [1.54, 1.807) is 0 Å². The number of aliphatic hydroxyl groups is 1. The topological polar surface area (TPSA) is 55.1 Å². The third-order valence-corrected chi connectivity index (χ3v) is 4.34. The number of fused-ring (bicyclic) bond motifs is 1. The molecule has 98 valence electrons. The number of rotatable bonds is 2. The Morgan fingerprint density at radius 2 is 2.00 bits per heavy atom. The molecule has 4 nitrogen and oxygen atoms in total. The van der Waals surface area contributed by atoms with Crippen molar-refractivity contribution >= 4 is 6.29 Å². The van der Waals surface area contributed by atoms with Crippen LogP contribution in [-0.2, 0) is 12.8 Å². The quantitative estimate of drug-likeness (QED) is 0.815. The number of aliphatic hydroxyl groups excluding tert-OH is 1. The Bertz CT molecular complexity index is 447. The third-order valence-electron chi connectivity index (χ3n) is 4.34. The van der Waals surface area contributed by atoms with Crippen LogP contribution < -0.4 is 0 Å². The molecular formula is C14H20N2O2. The Balaban J connectivity index is 1.97. The van der Waals surface area contributed by atoms with E-state index < -0.39 is 0 Å². The van der Waals surface area contributed by atoms with Crippen LogP contribution in [0.2, 0.25) is 0 Å². The molecule has 1 unspecified atom stereocenters. The molecule has 0 amide bonds. The first kappa shape index (κ1) is 11.9. The van der Waals surface area contributed by atoms with Crippen LogP contribution in [0, 0.1) is 0 Å². The molecule has 2 aliphatic rings. The number of aromatic nitrogens is 2. The lowest BCUT2D eigenvalue weighted by Crippen LogP contribution is -2.23. The van der Waals surface area contributed by atoms with Crippen molar-refractivity contribution < 1.29 is 9.90 Å². The van der Waals surface area contributed by atoms with Crippen LogP contribution in [0.3, 0.4) is 0 Å². The van der Waals surface area contributed by atoms with Crippen molar-refractivity contribution in [2.75, 3.05) is 0 Å². The lowest BCUT2D eigenvalue weighted by atomic mass is 9.91. The average Bonchev–Trinajstić information content (AvgIpc) is 2.77. The van der Waals surface area contributed by atoms with Crippen LogP contribution >= 0.6 is 0 Å².